The molecule has 6 rings (SSSR count). The van der Waals surface area contributed by atoms with E-state index >= 15 is 0 Å². The zero-order chi connectivity index (χ0) is 25.6. The number of H-pyrrole nitrogens is 1. The lowest BCUT2D eigenvalue weighted by molar-refractivity contribution is -0.126. The van der Waals surface area contributed by atoms with Crippen LogP contribution in [0.15, 0.2) is 42.6 Å². The number of aromatic amines is 1. The van der Waals surface area contributed by atoms with E-state index in [1.54, 1.807) is 6.07 Å². The molecule has 4 aromatic rings. The minimum atomic E-state index is -4.26. The lowest BCUT2D eigenvalue weighted by Gasteiger charge is -2.49. The van der Waals surface area contributed by atoms with Crippen molar-refractivity contribution in [2.45, 2.75) is 44.4 Å². The lowest BCUT2D eigenvalue weighted by atomic mass is 9.78. The predicted octanol–water partition coefficient (Wildman–Crippen LogP) is 5.34. The summed E-state index contributed by atoms with van der Waals surface area (Å²) in [5.74, 6) is 0.670. The van der Waals surface area contributed by atoms with Gasteiger partial charge >= 0.3 is 12.2 Å². The van der Waals surface area contributed by atoms with Crippen molar-refractivity contribution in [1.82, 2.24) is 25.5 Å². The van der Waals surface area contributed by atoms with Gasteiger partial charge in [-0.05, 0) is 43.0 Å². The number of benzene rings is 1. The molecule has 7 nitrogen and oxygen atoms in total. The van der Waals surface area contributed by atoms with Crippen LogP contribution in [0.25, 0.3) is 21.5 Å². The largest absolute Gasteiger partial charge is 0.467 e. The highest BCUT2D eigenvalue weighted by Gasteiger charge is 2.49. The van der Waals surface area contributed by atoms with Gasteiger partial charge in [0.1, 0.15) is 10.6 Å². The number of hydrogen-bond acceptors (Lipinski definition) is 7. The molecule has 0 radical (unpaired) electrons. The first-order valence-corrected chi connectivity index (χ1v) is 13.1. The summed E-state index contributed by atoms with van der Waals surface area (Å²) in [5, 5.41) is 11.5. The fourth-order valence-corrected chi connectivity index (χ4v) is 6.70. The number of ether oxygens (including phenoxy) is 1. The van der Waals surface area contributed by atoms with Gasteiger partial charge in [-0.15, -0.1) is 11.3 Å². The van der Waals surface area contributed by atoms with Crippen LogP contribution in [-0.2, 0) is 13.0 Å². The normalized spacial score (nSPS) is 19.0. The molecule has 194 valence electrons. The van der Waals surface area contributed by atoms with Crippen LogP contribution in [0.5, 0.6) is 6.01 Å². The Morgan fingerprint density at radius 1 is 1.22 bits per heavy atom. The molecular formula is C26H27F3N6OS. The number of alkyl halides is 3. The van der Waals surface area contributed by atoms with Crippen molar-refractivity contribution in [3.8, 4) is 17.3 Å². The first-order chi connectivity index (χ1) is 17.8. The number of hydrogen-bond donors (Lipinski definition) is 2. The van der Waals surface area contributed by atoms with Crippen LogP contribution < -0.4 is 15.0 Å². The fourth-order valence-electron chi connectivity index (χ4n) is 5.66. The van der Waals surface area contributed by atoms with Crippen molar-refractivity contribution < 1.29 is 17.9 Å². The van der Waals surface area contributed by atoms with E-state index < -0.39 is 12.6 Å². The van der Waals surface area contributed by atoms with E-state index in [2.05, 4.69) is 54.6 Å². The third kappa shape index (κ3) is 5.02. The summed E-state index contributed by atoms with van der Waals surface area (Å²) < 4.78 is 44.2. The van der Waals surface area contributed by atoms with Gasteiger partial charge < -0.3 is 15.0 Å². The quantitative estimate of drug-likeness (QED) is 0.337. The lowest BCUT2D eigenvalue weighted by Crippen LogP contribution is -2.56. The second-order valence-corrected chi connectivity index (χ2v) is 11.2. The van der Waals surface area contributed by atoms with Crippen molar-refractivity contribution >= 4 is 27.4 Å². The molecule has 3 aromatic heterocycles. The molecule has 1 atom stereocenters. The highest BCUT2D eigenvalue weighted by molar-refractivity contribution is 7.18. The van der Waals surface area contributed by atoms with Crippen LogP contribution in [0.4, 0.5) is 19.0 Å². The van der Waals surface area contributed by atoms with Gasteiger partial charge in [0.2, 0.25) is 0 Å². The summed E-state index contributed by atoms with van der Waals surface area (Å²) in [5.41, 5.74) is 3.45. The van der Waals surface area contributed by atoms with E-state index in [-0.39, 0.29) is 16.3 Å². The molecule has 37 heavy (non-hydrogen) atoms. The molecule has 1 aliphatic heterocycles. The summed E-state index contributed by atoms with van der Waals surface area (Å²) in [6.45, 7) is 2.46. The Kier molecular flexibility index (Phi) is 6.07. The minimum absolute atomic E-state index is 0.187. The number of aromatic nitrogens is 4. The summed E-state index contributed by atoms with van der Waals surface area (Å²) in [6.07, 6.45) is -0.116. The third-order valence-corrected chi connectivity index (χ3v) is 8.36. The SMILES string of the molecule is COc1nc(N2CC3(CC[C@H](NCc4cccc(-c5cc[nH]n5)c4)C3)C2)c2cc(CC(F)(F)F)sc2n1. The molecule has 1 spiro atoms. The van der Waals surface area contributed by atoms with Gasteiger partial charge in [0.15, 0.2) is 0 Å². The van der Waals surface area contributed by atoms with Crippen LogP contribution in [0.3, 0.4) is 0 Å². The van der Waals surface area contributed by atoms with Crippen molar-refractivity contribution in [3.05, 3.63) is 53.0 Å². The van der Waals surface area contributed by atoms with E-state index in [1.807, 2.05) is 12.3 Å². The maximum Gasteiger partial charge on any atom is 0.393 e. The second kappa shape index (κ2) is 9.29. The van der Waals surface area contributed by atoms with E-state index in [1.165, 1.54) is 12.7 Å². The van der Waals surface area contributed by atoms with Crippen LogP contribution in [-0.4, -0.2) is 52.6 Å². The van der Waals surface area contributed by atoms with E-state index in [9.17, 15) is 13.2 Å². The zero-order valence-electron chi connectivity index (χ0n) is 20.3. The number of fused-ring (bicyclic) bond motifs is 1. The summed E-state index contributed by atoms with van der Waals surface area (Å²) >= 11 is 1.06. The molecule has 1 saturated carbocycles. The van der Waals surface area contributed by atoms with Gasteiger partial charge in [0.05, 0.1) is 24.6 Å². The maximum absolute atomic E-state index is 13.0. The van der Waals surface area contributed by atoms with Crippen molar-refractivity contribution in [3.63, 3.8) is 0 Å². The first kappa shape index (κ1) is 24.2. The number of nitrogens with one attached hydrogen (secondary N) is 2. The topological polar surface area (TPSA) is 79.0 Å². The molecule has 1 saturated heterocycles. The summed E-state index contributed by atoms with van der Waals surface area (Å²) in [6, 6.07) is 12.6. The van der Waals surface area contributed by atoms with Gasteiger partial charge in [-0.25, -0.2) is 0 Å². The van der Waals surface area contributed by atoms with Crippen LogP contribution in [0, 0.1) is 5.41 Å². The Morgan fingerprint density at radius 2 is 2.08 bits per heavy atom. The number of anilines is 1. The number of methoxy groups -OCH3 is 1. The van der Waals surface area contributed by atoms with Crippen molar-refractivity contribution in [2.24, 2.45) is 5.41 Å². The zero-order valence-corrected chi connectivity index (χ0v) is 21.1. The standard InChI is InChI=1S/C26H27F3N6OS/c1-36-24-32-22(20-10-19(12-26(27,28)29)37-23(20)33-24)35-14-25(15-35)7-5-18(11-25)30-13-16-3-2-4-17(9-16)21-6-8-31-34-21/h2-4,6,8-10,18,30H,5,7,11-15H2,1H3,(H,31,34)/t18-/m0/s1. The highest BCUT2D eigenvalue weighted by Crippen LogP contribution is 2.48. The predicted molar refractivity (Wildman–Crippen MR) is 137 cm³/mol. The van der Waals surface area contributed by atoms with Gasteiger partial charge in [0, 0.05) is 47.7 Å². The van der Waals surface area contributed by atoms with Gasteiger partial charge in [-0.1, -0.05) is 18.2 Å². The van der Waals surface area contributed by atoms with Gasteiger partial charge in [0.25, 0.3) is 0 Å². The Bertz CT molecular complexity index is 1400. The fraction of sp³-hybridized carbons (Fsp3) is 0.423. The average molecular weight is 529 g/mol. The molecule has 2 aliphatic rings. The number of rotatable bonds is 7. The minimum Gasteiger partial charge on any atom is -0.467 e. The van der Waals surface area contributed by atoms with Crippen LogP contribution in [0.1, 0.15) is 29.7 Å². The maximum atomic E-state index is 13.0. The molecule has 1 aliphatic carbocycles. The van der Waals surface area contributed by atoms with E-state index in [0.29, 0.717) is 22.1 Å². The molecule has 0 amide bonds. The molecule has 11 heteroatoms. The first-order valence-electron chi connectivity index (χ1n) is 12.3. The molecule has 4 heterocycles. The average Bonchev–Trinajstić information content (AvgIpc) is 3.60. The monoisotopic (exact) mass is 528 g/mol. The smallest absolute Gasteiger partial charge is 0.393 e. The van der Waals surface area contributed by atoms with Crippen LogP contribution in [0.2, 0.25) is 0 Å². The summed E-state index contributed by atoms with van der Waals surface area (Å²) in [7, 11) is 1.48. The van der Waals surface area contributed by atoms with Crippen molar-refractivity contribution in [1.29, 1.82) is 0 Å². The molecule has 0 bridgehead atoms. The highest BCUT2D eigenvalue weighted by atomic mass is 32.1. The van der Waals surface area contributed by atoms with Gasteiger partial charge in [-0.3, -0.25) is 5.10 Å². The Balaban J connectivity index is 1.11. The third-order valence-electron chi connectivity index (χ3n) is 7.33. The van der Waals surface area contributed by atoms with E-state index in [4.69, 9.17) is 4.74 Å². The van der Waals surface area contributed by atoms with Crippen LogP contribution >= 0.6 is 11.3 Å². The number of thiophene rings is 1. The molecule has 2 N–H and O–H groups in total. The molecule has 2 fully saturated rings. The second-order valence-electron chi connectivity index (χ2n) is 10.1. The Hall–Kier alpha value is -3.18. The van der Waals surface area contributed by atoms with Crippen molar-refractivity contribution in [2.75, 3.05) is 25.1 Å². The van der Waals surface area contributed by atoms with Gasteiger partial charge in [-0.2, -0.15) is 28.2 Å². The molecule has 0 unspecified atom stereocenters. The number of halogens is 3. The summed E-state index contributed by atoms with van der Waals surface area (Å²) in [4.78, 5) is 11.8. The van der Waals surface area contributed by atoms with E-state index in [0.717, 1.165) is 61.5 Å². The molecule has 1 aromatic carbocycles. The molecular weight excluding hydrogens is 501 g/mol. The Morgan fingerprint density at radius 3 is 2.84 bits per heavy atom. The number of nitrogens with zero attached hydrogens (tertiary/aromatic N) is 4. The Labute approximate surface area is 216 Å².